The molecule has 0 amide bonds. The highest BCUT2D eigenvalue weighted by Gasteiger charge is 2.36. The van der Waals surface area contributed by atoms with Crippen LogP contribution >= 0.6 is 23.4 Å². The number of rotatable bonds is 5. The van der Waals surface area contributed by atoms with Crippen molar-refractivity contribution in [2.24, 2.45) is 5.92 Å². The first-order valence-corrected chi connectivity index (χ1v) is 8.52. The highest BCUT2D eigenvalue weighted by Crippen LogP contribution is 2.36. The highest BCUT2D eigenvalue weighted by molar-refractivity contribution is 7.99. The summed E-state index contributed by atoms with van der Waals surface area (Å²) in [7, 11) is 0. The predicted molar refractivity (Wildman–Crippen MR) is 83.5 cm³/mol. The van der Waals surface area contributed by atoms with E-state index in [1.807, 2.05) is 13.0 Å². The molecule has 4 nitrogen and oxygen atoms in total. The molecule has 0 saturated heterocycles. The van der Waals surface area contributed by atoms with E-state index in [0.717, 1.165) is 5.03 Å². The van der Waals surface area contributed by atoms with Crippen LogP contribution in [-0.4, -0.2) is 34.0 Å². The molecule has 21 heavy (non-hydrogen) atoms. The molecule has 6 heteroatoms. The molecule has 1 aliphatic carbocycles. The Morgan fingerprint density at radius 1 is 1.52 bits per heavy atom. The van der Waals surface area contributed by atoms with Gasteiger partial charge in [0.2, 0.25) is 0 Å². The van der Waals surface area contributed by atoms with Crippen LogP contribution in [0.4, 0.5) is 0 Å². The summed E-state index contributed by atoms with van der Waals surface area (Å²) in [5.41, 5.74) is -0.727. The van der Waals surface area contributed by atoms with E-state index in [4.69, 9.17) is 16.3 Å². The fraction of sp³-hybridized carbons (Fsp3) is 0.600. The number of esters is 1. The van der Waals surface area contributed by atoms with E-state index in [1.165, 1.54) is 11.8 Å². The molecule has 0 bridgehead atoms. The van der Waals surface area contributed by atoms with Crippen molar-refractivity contribution in [3.8, 4) is 0 Å². The number of halogens is 1. The second kappa shape index (κ2) is 7.47. The van der Waals surface area contributed by atoms with Gasteiger partial charge in [-0.05, 0) is 44.7 Å². The summed E-state index contributed by atoms with van der Waals surface area (Å²) in [5.74, 6) is 0.382. The summed E-state index contributed by atoms with van der Waals surface area (Å²) in [4.78, 5) is 15.9. The minimum absolute atomic E-state index is 0.0659. The number of aromatic nitrogens is 1. The van der Waals surface area contributed by atoms with E-state index in [1.54, 1.807) is 12.3 Å². The molecular weight excluding hydrogens is 310 g/mol. The zero-order valence-electron chi connectivity index (χ0n) is 12.0. The number of carbonyl (C=O) groups excluding carboxylic acids is 1. The fourth-order valence-corrected chi connectivity index (χ4v) is 3.56. The van der Waals surface area contributed by atoms with Gasteiger partial charge in [0.05, 0.1) is 28.2 Å². The van der Waals surface area contributed by atoms with Gasteiger partial charge in [0.1, 0.15) is 0 Å². The maximum absolute atomic E-state index is 11.7. The first kappa shape index (κ1) is 16.6. The van der Waals surface area contributed by atoms with Gasteiger partial charge in [0.15, 0.2) is 0 Å². The maximum Gasteiger partial charge on any atom is 0.308 e. The Kier molecular flexibility index (Phi) is 5.90. The third-order valence-electron chi connectivity index (χ3n) is 3.73. The Labute approximate surface area is 134 Å². The quantitative estimate of drug-likeness (QED) is 0.663. The lowest BCUT2D eigenvalue weighted by molar-refractivity contribution is -0.150. The highest BCUT2D eigenvalue weighted by atomic mass is 35.5. The van der Waals surface area contributed by atoms with Crippen LogP contribution in [0.3, 0.4) is 0 Å². The second-order valence-corrected chi connectivity index (χ2v) is 6.79. The number of hydrogen-bond donors (Lipinski definition) is 1. The number of pyridine rings is 1. The number of nitrogens with zero attached hydrogens (tertiary/aromatic N) is 1. The van der Waals surface area contributed by atoms with E-state index in [-0.39, 0.29) is 11.9 Å². The van der Waals surface area contributed by atoms with Crippen LogP contribution in [0.1, 0.15) is 32.6 Å². The molecule has 1 saturated carbocycles. The Morgan fingerprint density at radius 2 is 2.24 bits per heavy atom. The Balaban J connectivity index is 1.82. The van der Waals surface area contributed by atoms with Crippen molar-refractivity contribution in [3.63, 3.8) is 0 Å². The Hall–Kier alpha value is -0.780. The summed E-state index contributed by atoms with van der Waals surface area (Å²) in [6, 6.07) is 3.64. The fourth-order valence-electron chi connectivity index (χ4n) is 2.45. The van der Waals surface area contributed by atoms with Crippen molar-refractivity contribution in [1.29, 1.82) is 0 Å². The van der Waals surface area contributed by atoms with E-state index >= 15 is 0 Å². The number of thioether (sulfide) groups is 1. The third kappa shape index (κ3) is 4.87. The predicted octanol–water partition coefficient (Wildman–Crippen LogP) is 3.31. The van der Waals surface area contributed by atoms with Gasteiger partial charge in [0, 0.05) is 11.9 Å². The van der Waals surface area contributed by atoms with E-state index in [2.05, 4.69) is 4.98 Å². The van der Waals surface area contributed by atoms with Crippen molar-refractivity contribution in [2.45, 2.75) is 43.2 Å². The normalized spacial score (nSPS) is 25.6. The molecule has 1 aliphatic rings. The maximum atomic E-state index is 11.7. The Morgan fingerprint density at radius 3 is 2.81 bits per heavy atom. The second-order valence-electron chi connectivity index (χ2n) is 5.35. The summed E-state index contributed by atoms with van der Waals surface area (Å²) in [6.45, 7) is 2.23. The average molecular weight is 330 g/mol. The molecule has 0 spiro atoms. The number of aliphatic hydroxyl groups is 1. The van der Waals surface area contributed by atoms with Crippen LogP contribution in [0.2, 0.25) is 5.02 Å². The average Bonchev–Trinajstić information content (AvgIpc) is 2.48. The van der Waals surface area contributed by atoms with Gasteiger partial charge in [-0.2, -0.15) is 0 Å². The summed E-state index contributed by atoms with van der Waals surface area (Å²) in [5, 5.41) is 12.0. The van der Waals surface area contributed by atoms with Crippen LogP contribution in [0.15, 0.2) is 23.4 Å². The standard InChI is InChI=1S/C15H20ClNO3S/c1-2-20-14(18)11-5-7-15(19,8-6-11)10-21-13-4-3-12(16)9-17-13/h3-4,9,11,19H,2,5-8,10H2,1H3. The van der Waals surface area contributed by atoms with E-state index < -0.39 is 5.60 Å². The van der Waals surface area contributed by atoms with Gasteiger partial charge in [-0.25, -0.2) is 4.98 Å². The third-order valence-corrected chi connectivity index (χ3v) is 5.17. The molecule has 1 aromatic heterocycles. The van der Waals surface area contributed by atoms with E-state index in [0.29, 0.717) is 43.1 Å². The molecule has 0 atom stereocenters. The van der Waals surface area contributed by atoms with Gasteiger partial charge >= 0.3 is 5.97 Å². The molecule has 0 aliphatic heterocycles. The van der Waals surface area contributed by atoms with Crippen LogP contribution in [0, 0.1) is 5.92 Å². The molecule has 1 heterocycles. The first-order chi connectivity index (χ1) is 10.0. The van der Waals surface area contributed by atoms with Crippen molar-refractivity contribution >= 4 is 29.3 Å². The SMILES string of the molecule is CCOC(=O)C1CCC(O)(CSc2ccc(Cl)cn2)CC1. The van der Waals surface area contributed by atoms with Crippen LogP contribution < -0.4 is 0 Å². The zero-order valence-corrected chi connectivity index (χ0v) is 13.6. The molecule has 116 valence electrons. The lowest BCUT2D eigenvalue weighted by Gasteiger charge is -2.34. The van der Waals surface area contributed by atoms with Gasteiger partial charge in [-0.15, -0.1) is 11.8 Å². The summed E-state index contributed by atoms with van der Waals surface area (Å²) >= 11 is 7.31. The van der Waals surface area contributed by atoms with Gasteiger partial charge in [0.25, 0.3) is 0 Å². The molecule has 0 radical (unpaired) electrons. The van der Waals surface area contributed by atoms with E-state index in [9.17, 15) is 9.90 Å². The molecule has 0 aromatic carbocycles. The number of carbonyl (C=O) groups is 1. The van der Waals surface area contributed by atoms with Crippen LogP contribution in [-0.2, 0) is 9.53 Å². The van der Waals surface area contributed by atoms with Crippen LogP contribution in [0.25, 0.3) is 0 Å². The molecular formula is C15H20ClNO3S. The van der Waals surface area contributed by atoms with Crippen LogP contribution in [0.5, 0.6) is 0 Å². The molecule has 1 fully saturated rings. The van der Waals surface area contributed by atoms with Gasteiger partial charge in [-0.1, -0.05) is 11.6 Å². The topological polar surface area (TPSA) is 59.4 Å². The minimum atomic E-state index is -0.727. The van der Waals surface area contributed by atoms with Gasteiger partial charge < -0.3 is 9.84 Å². The van der Waals surface area contributed by atoms with Crippen molar-refractivity contribution in [2.75, 3.05) is 12.4 Å². The van der Waals surface area contributed by atoms with Gasteiger partial charge in [-0.3, -0.25) is 4.79 Å². The first-order valence-electron chi connectivity index (χ1n) is 7.16. The molecule has 0 unspecified atom stereocenters. The van der Waals surface area contributed by atoms with Crippen molar-refractivity contribution < 1.29 is 14.6 Å². The number of hydrogen-bond acceptors (Lipinski definition) is 5. The molecule has 1 N–H and O–H groups in total. The van der Waals surface area contributed by atoms with Crippen molar-refractivity contribution in [3.05, 3.63) is 23.4 Å². The summed E-state index contributed by atoms with van der Waals surface area (Å²) in [6.07, 6.45) is 4.22. The number of ether oxygens (including phenoxy) is 1. The smallest absolute Gasteiger partial charge is 0.308 e. The monoisotopic (exact) mass is 329 g/mol. The Bertz CT molecular complexity index is 472. The minimum Gasteiger partial charge on any atom is -0.466 e. The summed E-state index contributed by atoms with van der Waals surface area (Å²) < 4.78 is 5.04. The lowest BCUT2D eigenvalue weighted by Crippen LogP contribution is -2.38. The largest absolute Gasteiger partial charge is 0.466 e. The lowest BCUT2D eigenvalue weighted by atomic mass is 9.80. The molecule has 1 aromatic rings. The van der Waals surface area contributed by atoms with Crippen molar-refractivity contribution in [1.82, 2.24) is 4.98 Å². The zero-order chi connectivity index (χ0) is 15.3. The molecule has 2 rings (SSSR count).